The second-order valence-electron chi connectivity index (χ2n) is 1.19. The van der Waals surface area contributed by atoms with Crippen LogP contribution in [0.5, 0.6) is 0 Å². The summed E-state index contributed by atoms with van der Waals surface area (Å²) >= 11 is 4.26. The second-order valence-corrected chi connectivity index (χ2v) is 3.54. The van der Waals surface area contributed by atoms with Crippen LogP contribution in [0.3, 0.4) is 0 Å². The highest BCUT2D eigenvalue weighted by Gasteiger charge is 1.74. The third kappa shape index (κ3) is 2.55. The van der Waals surface area contributed by atoms with Gasteiger partial charge in [-0.25, -0.2) is 0 Å². The predicted octanol–water partition coefficient (Wildman–Crippen LogP) is 2.03. The van der Waals surface area contributed by atoms with Crippen molar-refractivity contribution in [2.75, 3.05) is 0 Å². The first-order valence-electron chi connectivity index (χ1n) is 1.58. The summed E-state index contributed by atoms with van der Waals surface area (Å²) in [5.74, 6) is 0. The molecule has 1 atom stereocenters. The molecule has 0 amide bonds. The molecule has 0 saturated carbocycles. The summed E-state index contributed by atoms with van der Waals surface area (Å²) in [6.07, 6.45) is 0. The molecular formula is C3H6FPS. The zero-order chi connectivity index (χ0) is 5.15. The molecule has 0 aliphatic heterocycles. The lowest BCUT2D eigenvalue weighted by Crippen LogP contribution is -1.67. The van der Waals surface area contributed by atoms with Gasteiger partial charge >= 0.3 is 0 Å². The molecule has 0 aromatic rings. The van der Waals surface area contributed by atoms with Crippen LogP contribution >= 0.6 is 6.63 Å². The van der Waals surface area contributed by atoms with E-state index in [0.717, 1.165) is 5.29 Å². The van der Waals surface area contributed by atoms with E-state index in [9.17, 15) is 4.20 Å². The van der Waals surface area contributed by atoms with E-state index in [2.05, 4.69) is 11.8 Å². The first-order valence-corrected chi connectivity index (χ1v) is 3.82. The third-order valence-corrected chi connectivity index (χ3v) is 2.15. The minimum absolute atomic E-state index is 0.722. The van der Waals surface area contributed by atoms with Crippen LogP contribution in [0.25, 0.3) is 0 Å². The van der Waals surface area contributed by atoms with Gasteiger partial charge in [-0.15, -0.1) is 0 Å². The van der Waals surface area contributed by atoms with Crippen molar-refractivity contribution in [2.45, 2.75) is 13.8 Å². The highest BCUT2D eigenvalue weighted by molar-refractivity contribution is 8.02. The molecule has 1 unspecified atom stereocenters. The summed E-state index contributed by atoms with van der Waals surface area (Å²) in [4.78, 5) is 0. The number of rotatable bonds is 0. The van der Waals surface area contributed by atoms with Gasteiger partial charge in [0.05, 0.1) is 0 Å². The number of hydrogen-bond donors (Lipinski definition) is 0. The van der Waals surface area contributed by atoms with Crippen molar-refractivity contribution in [1.29, 1.82) is 0 Å². The minimum atomic E-state index is -1.66. The topological polar surface area (TPSA) is 0 Å². The molecule has 0 rings (SSSR count). The van der Waals surface area contributed by atoms with Gasteiger partial charge in [0, 0.05) is 0 Å². The predicted molar refractivity (Wildman–Crippen MR) is 31.7 cm³/mol. The van der Waals surface area contributed by atoms with Crippen molar-refractivity contribution < 1.29 is 4.20 Å². The normalized spacial score (nSPS) is 10.8. The van der Waals surface area contributed by atoms with E-state index in [1.165, 1.54) is 0 Å². The van der Waals surface area contributed by atoms with Gasteiger partial charge in [-0.3, -0.25) is 0 Å². The molecule has 0 aromatic heterocycles. The largest absolute Gasteiger partial charge is 0.180 e. The standard InChI is InChI=1S/C3H6FPS/c1-3(2)5(4)6/h1-2H3. The average Bonchev–Trinajstić information content (AvgIpc) is 1.36. The molecule has 36 valence electrons. The zero-order valence-corrected chi connectivity index (χ0v) is 5.44. The lowest BCUT2D eigenvalue weighted by molar-refractivity contribution is 0.934. The van der Waals surface area contributed by atoms with E-state index >= 15 is 0 Å². The van der Waals surface area contributed by atoms with Crippen LogP contribution in [-0.4, -0.2) is 5.29 Å². The molecule has 0 aliphatic rings. The Kier molecular flexibility index (Phi) is 2.62. The van der Waals surface area contributed by atoms with Crippen LogP contribution in [0.2, 0.25) is 0 Å². The van der Waals surface area contributed by atoms with Crippen molar-refractivity contribution >= 4 is 23.7 Å². The first-order chi connectivity index (χ1) is 2.64. The third-order valence-electron chi connectivity index (χ3n) is 0.352. The fourth-order valence-corrected chi connectivity index (χ4v) is 0. The van der Waals surface area contributed by atoms with Gasteiger partial charge in [0.25, 0.3) is 0 Å². The maximum Gasteiger partial charge on any atom is 0.127 e. The Morgan fingerprint density at radius 3 is 1.83 bits per heavy atom. The molecule has 6 heavy (non-hydrogen) atoms. The summed E-state index contributed by atoms with van der Waals surface area (Å²) in [6.45, 7) is 1.75. The molecule has 0 N–H and O–H groups in total. The molecule has 0 radical (unpaired) electrons. The van der Waals surface area contributed by atoms with Crippen molar-refractivity contribution in [3.05, 3.63) is 0 Å². The van der Waals surface area contributed by atoms with Gasteiger partial charge < -0.3 is 0 Å². The van der Waals surface area contributed by atoms with Gasteiger partial charge in [0.1, 0.15) is 6.63 Å². The molecular weight excluding hydrogens is 118 g/mol. The molecule has 0 heterocycles. The maximum atomic E-state index is 11.7. The number of halogens is 1. The van der Waals surface area contributed by atoms with Crippen LogP contribution in [-0.2, 0) is 11.8 Å². The Labute approximate surface area is 42.6 Å². The molecule has 3 heteroatoms. The monoisotopic (exact) mass is 124 g/mol. The van der Waals surface area contributed by atoms with E-state index < -0.39 is 6.63 Å². The van der Waals surface area contributed by atoms with Crippen molar-refractivity contribution in [3.63, 3.8) is 0 Å². The van der Waals surface area contributed by atoms with Gasteiger partial charge in [0.2, 0.25) is 0 Å². The highest BCUT2D eigenvalue weighted by atomic mass is 32.4. The fraction of sp³-hybridized carbons (Fsp3) is 0.667. The SMILES string of the molecule is CC(C)=P(F)=S. The smallest absolute Gasteiger partial charge is 0.127 e. The van der Waals surface area contributed by atoms with E-state index in [0.29, 0.717) is 0 Å². The van der Waals surface area contributed by atoms with E-state index in [4.69, 9.17) is 0 Å². The lowest BCUT2D eigenvalue weighted by Gasteiger charge is -1.73. The van der Waals surface area contributed by atoms with Crippen LogP contribution in [0.4, 0.5) is 4.20 Å². The Bertz CT molecular complexity index is 108. The van der Waals surface area contributed by atoms with Crippen molar-refractivity contribution in [2.24, 2.45) is 0 Å². The molecule has 0 aliphatic carbocycles. The quantitative estimate of drug-likeness (QED) is 0.445. The zero-order valence-electron chi connectivity index (χ0n) is 3.73. The molecule has 0 saturated heterocycles. The van der Waals surface area contributed by atoms with Crippen molar-refractivity contribution in [3.8, 4) is 0 Å². The lowest BCUT2D eigenvalue weighted by atomic mass is 10.6. The Balaban J connectivity index is 4.08. The Morgan fingerprint density at radius 1 is 1.67 bits per heavy atom. The van der Waals surface area contributed by atoms with Crippen LogP contribution in [0, 0.1) is 0 Å². The minimum Gasteiger partial charge on any atom is -0.180 e. The van der Waals surface area contributed by atoms with Gasteiger partial charge in [-0.05, 0) is 30.9 Å². The highest BCUT2D eigenvalue weighted by Crippen LogP contribution is 2.08. The first kappa shape index (κ1) is 6.32. The Morgan fingerprint density at radius 2 is 1.83 bits per heavy atom. The van der Waals surface area contributed by atoms with Gasteiger partial charge in [-0.1, -0.05) is 0 Å². The molecule has 0 bridgehead atoms. The van der Waals surface area contributed by atoms with Crippen LogP contribution < -0.4 is 0 Å². The average molecular weight is 124 g/mol. The number of hydrogen-bond acceptors (Lipinski definition) is 1. The van der Waals surface area contributed by atoms with Crippen LogP contribution in [0.1, 0.15) is 13.8 Å². The summed E-state index contributed by atoms with van der Waals surface area (Å²) in [5.41, 5.74) is 0. The molecule has 0 fully saturated rings. The summed E-state index contributed by atoms with van der Waals surface area (Å²) in [6, 6.07) is 0. The van der Waals surface area contributed by atoms with E-state index in [1.54, 1.807) is 13.8 Å². The summed E-state index contributed by atoms with van der Waals surface area (Å²) < 4.78 is 11.7. The maximum absolute atomic E-state index is 11.7. The molecule has 0 nitrogen and oxygen atoms in total. The summed E-state index contributed by atoms with van der Waals surface area (Å²) in [5, 5.41) is 0.722. The Hall–Kier alpha value is 0.320. The second kappa shape index (κ2) is 2.49. The summed E-state index contributed by atoms with van der Waals surface area (Å²) in [7, 11) is 0. The van der Waals surface area contributed by atoms with Crippen molar-refractivity contribution in [1.82, 2.24) is 0 Å². The van der Waals surface area contributed by atoms with Crippen LogP contribution in [0.15, 0.2) is 0 Å². The van der Waals surface area contributed by atoms with E-state index in [-0.39, 0.29) is 0 Å². The van der Waals surface area contributed by atoms with Gasteiger partial charge in [0.15, 0.2) is 0 Å². The fourth-order valence-electron chi connectivity index (χ4n) is 0. The van der Waals surface area contributed by atoms with Gasteiger partial charge in [-0.2, -0.15) is 4.20 Å². The van der Waals surface area contributed by atoms with E-state index in [1.807, 2.05) is 0 Å². The molecule has 0 spiro atoms. The molecule has 0 aromatic carbocycles.